The van der Waals surface area contributed by atoms with Crippen LogP contribution in [0.3, 0.4) is 0 Å². The van der Waals surface area contributed by atoms with Gasteiger partial charge < -0.3 is 19.3 Å². The van der Waals surface area contributed by atoms with Crippen LogP contribution in [0.5, 0.6) is 0 Å². The highest BCUT2D eigenvalue weighted by molar-refractivity contribution is 6.31. The van der Waals surface area contributed by atoms with Gasteiger partial charge in [0, 0.05) is 23.3 Å². The fraction of sp³-hybridized carbons (Fsp3) is 0.333. The van der Waals surface area contributed by atoms with Gasteiger partial charge in [-0.25, -0.2) is 4.79 Å². The molecular weight excluding hydrogens is 308 g/mol. The fourth-order valence-electron chi connectivity index (χ4n) is 2.64. The second-order valence-electron chi connectivity index (χ2n) is 5.16. The first kappa shape index (κ1) is 14.9. The lowest BCUT2D eigenvalue weighted by molar-refractivity contribution is -0.158. The van der Waals surface area contributed by atoms with Crippen LogP contribution >= 0.6 is 11.6 Å². The van der Waals surface area contributed by atoms with Crippen LogP contribution in [0.25, 0.3) is 10.9 Å². The Morgan fingerprint density at radius 1 is 1.36 bits per heavy atom. The third-order valence-corrected chi connectivity index (χ3v) is 4.01. The molecule has 3 rings (SSSR count). The number of aliphatic carboxylic acids is 1. The van der Waals surface area contributed by atoms with E-state index < -0.39 is 12.0 Å². The molecular formula is C15H15ClN2O4. The van der Waals surface area contributed by atoms with Gasteiger partial charge >= 0.3 is 5.97 Å². The number of benzene rings is 1. The molecule has 1 aromatic heterocycles. The van der Waals surface area contributed by atoms with Crippen molar-refractivity contribution >= 4 is 34.4 Å². The number of halogens is 1. The third-order valence-electron chi connectivity index (χ3n) is 3.78. The summed E-state index contributed by atoms with van der Waals surface area (Å²) >= 11 is 5.99. The van der Waals surface area contributed by atoms with E-state index in [4.69, 9.17) is 16.3 Å². The second kappa shape index (κ2) is 5.98. The lowest BCUT2D eigenvalue weighted by atomic mass is 10.2. The summed E-state index contributed by atoms with van der Waals surface area (Å²) in [5.74, 6) is -1.29. The highest BCUT2D eigenvalue weighted by Crippen LogP contribution is 2.21. The van der Waals surface area contributed by atoms with E-state index in [1.54, 1.807) is 22.9 Å². The number of fused-ring (bicyclic) bond motifs is 1. The van der Waals surface area contributed by atoms with Gasteiger partial charge in [0.1, 0.15) is 6.54 Å². The predicted molar refractivity (Wildman–Crippen MR) is 80.9 cm³/mol. The summed E-state index contributed by atoms with van der Waals surface area (Å²) in [5.41, 5.74) is 0.848. The van der Waals surface area contributed by atoms with E-state index in [-0.39, 0.29) is 25.6 Å². The minimum absolute atomic E-state index is 0.0271. The summed E-state index contributed by atoms with van der Waals surface area (Å²) in [6.07, 6.45) is 1.80. The first-order valence-electron chi connectivity index (χ1n) is 6.90. The van der Waals surface area contributed by atoms with E-state index in [1.807, 2.05) is 12.1 Å². The average Bonchev–Trinajstić information content (AvgIpc) is 2.89. The van der Waals surface area contributed by atoms with Crippen LogP contribution in [-0.4, -0.2) is 52.3 Å². The zero-order valence-electron chi connectivity index (χ0n) is 11.7. The Balaban J connectivity index is 1.83. The molecule has 116 valence electrons. The van der Waals surface area contributed by atoms with Crippen molar-refractivity contribution in [3.05, 3.63) is 35.5 Å². The number of hydrogen-bond acceptors (Lipinski definition) is 3. The molecule has 0 radical (unpaired) electrons. The Kier molecular flexibility index (Phi) is 4.04. The van der Waals surface area contributed by atoms with Crippen LogP contribution < -0.4 is 0 Å². The van der Waals surface area contributed by atoms with Crippen LogP contribution in [0.1, 0.15) is 0 Å². The summed E-state index contributed by atoms with van der Waals surface area (Å²) in [7, 11) is 0. The summed E-state index contributed by atoms with van der Waals surface area (Å²) in [5, 5.41) is 10.8. The molecule has 0 unspecified atom stereocenters. The molecule has 22 heavy (non-hydrogen) atoms. The lowest BCUT2D eigenvalue weighted by Gasteiger charge is -2.33. The maximum Gasteiger partial charge on any atom is 0.328 e. The van der Waals surface area contributed by atoms with Crippen molar-refractivity contribution in [1.82, 2.24) is 9.47 Å². The molecule has 1 aromatic carbocycles. The van der Waals surface area contributed by atoms with Crippen molar-refractivity contribution in [3.63, 3.8) is 0 Å². The van der Waals surface area contributed by atoms with E-state index in [0.29, 0.717) is 11.6 Å². The minimum atomic E-state index is -1.05. The van der Waals surface area contributed by atoms with E-state index in [0.717, 1.165) is 10.9 Å². The van der Waals surface area contributed by atoms with Crippen LogP contribution in [-0.2, 0) is 20.9 Å². The van der Waals surface area contributed by atoms with Crippen molar-refractivity contribution in [3.8, 4) is 0 Å². The molecule has 0 aliphatic carbocycles. The third kappa shape index (κ3) is 2.80. The molecule has 1 N–H and O–H groups in total. The number of amides is 1. The summed E-state index contributed by atoms with van der Waals surface area (Å²) in [6.45, 7) is 0.747. The number of ether oxygens (including phenoxy) is 1. The number of aromatic nitrogens is 1. The zero-order valence-corrected chi connectivity index (χ0v) is 12.5. The smallest absolute Gasteiger partial charge is 0.328 e. The van der Waals surface area contributed by atoms with Gasteiger partial charge in [-0.15, -0.1) is 0 Å². The molecule has 1 amide bonds. The Morgan fingerprint density at radius 3 is 2.95 bits per heavy atom. The molecule has 1 aliphatic heterocycles. The van der Waals surface area contributed by atoms with Gasteiger partial charge in [0.15, 0.2) is 6.04 Å². The van der Waals surface area contributed by atoms with Gasteiger partial charge in [-0.1, -0.05) is 17.7 Å². The molecule has 1 aliphatic rings. The van der Waals surface area contributed by atoms with E-state index in [9.17, 15) is 14.7 Å². The molecule has 1 saturated heterocycles. The van der Waals surface area contributed by atoms with Gasteiger partial charge in [-0.3, -0.25) is 4.79 Å². The summed E-state index contributed by atoms with van der Waals surface area (Å²) in [6, 6.07) is 6.43. The summed E-state index contributed by atoms with van der Waals surface area (Å²) < 4.78 is 6.92. The van der Waals surface area contributed by atoms with Gasteiger partial charge in [0.25, 0.3) is 0 Å². The maximum absolute atomic E-state index is 12.5. The Labute approximate surface area is 131 Å². The van der Waals surface area contributed by atoms with Crippen LogP contribution in [0.15, 0.2) is 30.5 Å². The number of rotatable bonds is 3. The van der Waals surface area contributed by atoms with Crippen molar-refractivity contribution in [2.45, 2.75) is 12.6 Å². The first-order chi connectivity index (χ1) is 10.6. The topological polar surface area (TPSA) is 71.8 Å². The molecule has 1 fully saturated rings. The van der Waals surface area contributed by atoms with E-state index >= 15 is 0 Å². The number of carboxylic acids is 1. The normalized spacial score (nSPS) is 18.6. The van der Waals surface area contributed by atoms with Gasteiger partial charge in [-0.2, -0.15) is 0 Å². The fourth-order valence-corrected chi connectivity index (χ4v) is 2.80. The second-order valence-corrected chi connectivity index (χ2v) is 5.60. The lowest BCUT2D eigenvalue weighted by Crippen LogP contribution is -2.53. The quantitative estimate of drug-likeness (QED) is 0.932. The largest absolute Gasteiger partial charge is 0.480 e. The van der Waals surface area contributed by atoms with Gasteiger partial charge in [-0.05, 0) is 23.6 Å². The SMILES string of the molecule is O=C(O)[C@H]1COCCN1C(=O)Cn1ccc2ccc(Cl)cc21. The van der Waals surface area contributed by atoms with Crippen LogP contribution in [0.4, 0.5) is 0 Å². The Morgan fingerprint density at radius 2 is 2.18 bits per heavy atom. The number of carbonyl (C=O) groups is 2. The molecule has 0 spiro atoms. The number of nitrogens with zero attached hydrogens (tertiary/aromatic N) is 2. The Hall–Kier alpha value is -2.05. The van der Waals surface area contributed by atoms with Crippen molar-refractivity contribution in [2.75, 3.05) is 19.8 Å². The van der Waals surface area contributed by atoms with Crippen molar-refractivity contribution < 1.29 is 19.4 Å². The zero-order chi connectivity index (χ0) is 15.7. The number of carbonyl (C=O) groups excluding carboxylic acids is 1. The monoisotopic (exact) mass is 322 g/mol. The number of carboxylic acid groups (broad SMARTS) is 1. The van der Waals surface area contributed by atoms with Crippen LogP contribution in [0.2, 0.25) is 5.02 Å². The molecule has 7 heteroatoms. The van der Waals surface area contributed by atoms with Crippen molar-refractivity contribution in [1.29, 1.82) is 0 Å². The molecule has 2 aromatic rings. The van der Waals surface area contributed by atoms with Gasteiger partial charge in [0.05, 0.1) is 13.2 Å². The van der Waals surface area contributed by atoms with Crippen molar-refractivity contribution in [2.24, 2.45) is 0 Å². The van der Waals surface area contributed by atoms with Gasteiger partial charge in [0.2, 0.25) is 5.91 Å². The first-order valence-corrected chi connectivity index (χ1v) is 7.28. The number of hydrogen-bond donors (Lipinski definition) is 1. The highest BCUT2D eigenvalue weighted by Gasteiger charge is 2.32. The van der Waals surface area contributed by atoms with E-state index in [1.165, 1.54) is 4.90 Å². The Bertz CT molecular complexity index is 727. The standard InChI is InChI=1S/C15H15ClN2O4/c16-11-2-1-10-3-4-17(12(10)7-11)8-14(19)18-5-6-22-9-13(18)15(20)21/h1-4,7,13H,5-6,8-9H2,(H,20,21)/t13-/m1/s1. The molecule has 0 bridgehead atoms. The van der Waals surface area contributed by atoms with Crippen LogP contribution in [0, 0.1) is 0 Å². The number of morpholine rings is 1. The average molecular weight is 323 g/mol. The highest BCUT2D eigenvalue weighted by atomic mass is 35.5. The molecule has 2 heterocycles. The van der Waals surface area contributed by atoms with E-state index in [2.05, 4.69) is 0 Å². The predicted octanol–water partition coefficient (Wildman–Crippen LogP) is 1.61. The maximum atomic E-state index is 12.5. The molecule has 0 saturated carbocycles. The molecule has 6 nitrogen and oxygen atoms in total. The summed E-state index contributed by atoms with van der Waals surface area (Å²) in [4.78, 5) is 25.1. The molecule has 1 atom stereocenters. The minimum Gasteiger partial charge on any atom is -0.480 e.